The lowest BCUT2D eigenvalue weighted by atomic mass is 9.99. The predicted octanol–water partition coefficient (Wildman–Crippen LogP) is 2.40. The quantitative estimate of drug-likeness (QED) is 0.886. The third-order valence-corrected chi connectivity index (χ3v) is 3.96. The van der Waals surface area contributed by atoms with Crippen molar-refractivity contribution in [1.29, 1.82) is 5.26 Å². The van der Waals surface area contributed by atoms with E-state index in [4.69, 9.17) is 5.26 Å². The number of aromatic amines is 1. The van der Waals surface area contributed by atoms with Crippen LogP contribution >= 0.6 is 0 Å². The maximum atomic E-state index is 11.2. The second-order valence-electron chi connectivity index (χ2n) is 5.61. The Kier molecular flexibility index (Phi) is 5.92. The third-order valence-electron chi connectivity index (χ3n) is 3.96. The Bertz CT molecular complexity index is 687. The Labute approximate surface area is 137 Å². The highest BCUT2D eigenvalue weighted by atomic mass is 16.2. The van der Waals surface area contributed by atoms with Crippen LogP contribution in [0.5, 0.6) is 0 Å². The summed E-state index contributed by atoms with van der Waals surface area (Å²) in [5, 5.41) is 12.3. The van der Waals surface area contributed by atoms with Gasteiger partial charge in [-0.3, -0.25) is 4.79 Å². The molecule has 1 amide bonds. The molecular weight excluding hydrogens is 292 g/mol. The second-order valence-corrected chi connectivity index (χ2v) is 5.61. The molecule has 7 nitrogen and oxygen atoms in total. The number of carbonyl (C=O) groups is 1. The fourth-order valence-electron chi connectivity index (χ4n) is 2.51. The van der Waals surface area contributed by atoms with Crippen molar-refractivity contribution >= 4 is 22.8 Å². The van der Waals surface area contributed by atoms with Crippen molar-refractivity contribution in [3.8, 4) is 6.07 Å². The number of nitriles is 1. The van der Waals surface area contributed by atoms with E-state index in [-0.39, 0.29) is 13.8 Å². The van der Waals surface area contributed by atoms with E-state index in [2.05, 4.69) is 27.2 Å². The number of hydrogen-bond acceptors (Lipinski definition) is 5. The minimum absolute atomic E-state index is 0. The zero-order valence-corrected chi connectivity index (χ0v) is 13.5. The predicted molar refractivity (Wildman–Crippen MR) is 90.8 cm³/mol. The molecule has 23 heavy (non-hydrogen) atoms. The van der Waals surface area contributed by atoms with Crippen molar-refractivity contribution in [2.75, 3.05) is 25.5 Å². The molecule has 0 bridgehead atoms. The number of fused-ring (bicyclic) bond motifs is 1. The molecule has 2 aromatic rings. The van der Waals surface area contributed by atoms with Gasteiger partial charge in [0.05, 0.1) is 11.5 Å². The van der Waals surface area contributed by atoms with Crippen LogP contribution in [0.1, 0.15) is 27.6 Å². The molecule has 0 saturated carbocycles. The molecule has 1 saturated heterocycles. The molecule has 1 fully saturated rings. The molecule has 0 aromatic carbocycles. The van der Waals surface area contributed by atoms with Gasteiger partial charge in [-0.05, 0) is 24.8 Å². The van der Waals surface area contributed by atoms with Crippen molar-refractivity contribution in [3.63, 3.8) is 0 Å². The number of piperidine rings is 1. The summed E-state index contributed by atoms with van der Waals surface area (Å²) in [6, 6.07) is 3.83. The van der Waals surface area contributed by atoms with Gasteiger partial charge >= 0.3 is 0 Å². The van der Waals surface area contributed by atoms with Crippen LogP contribution in [0, 0.1) is 17.2 Å². The van der Waals surface area contributed by atoms with Crippen molar-refractivity contribution in [3.05, 3.63) is 18.6 Å². The van der Waals surface area contributed by atoms with Gasteiger partial charge in [0.2, 0.25) is 5.91 Å². The average Bonchev–Trinajstić information content (AvgIpc) is 3.05. The zero-order chi connectivity index (χ0) is 16.7. The maximum Gasteiger partial charge on any atom is 0.236 e. The number of rotatable bonds is 2. The number of nitrogens with one attached hydrogen (secondary N) is 2. The van der Waals surface area contributed by atoms with Gasteiger partial charge in [-0.15, -0.1) is 0 Å². The summed E-state index contributed by atoms with van der Waals surface area (Å²) in [6.45, 7) is 3.87. The molecule has 0 atom stereocenters. The molecule has 0 radical (unpaired) electrons. The van der Waals surface area contributed by atoms with Crippen molar-refractivity contribution in [2.45, 2.75) is 26.2 Å². The lowest BCUT2D eigenvalue weighted by Crippen LogP contribution is -2.37. The highest BCUT2D eigenvalue weighted by Gasteiger charge is 2.19. The van der Waals surface area contributed by atoms with Crippen LogP contribution in [0.25, 0.3) is 11.0 Å². The van der Waals surface area contributed by atoms with E-state index >= 15 is 0 Å². The number of amides is 1. The van der Waals surface area contributed by atoms with Crippen LogP contribution in [-0.4, -0.2) is 45.9 Å². The smallest absolute Gasteiger partial charge is 0.236 e. The van der Waals surface area contributed by atoms with Gasteiger partial charge in [-0.25, -0.2) is 9.97 Å². The Morgan fingerprint density at radius 2 is 2.26 bits per heavy atom. The van der Waals surface area contributed by atoms with Gasteiger partial charge in [-0.2, -0.15) is 5.26 Å². The van der Waals surface area contributed by atoms with Crippen LogP contribution in [0.15, 0.2) is 18.6 Å². The molecule has 2 N–H and O–H groups in total. The molecule has 0 unspecified atom stereocenters. The fraction of sp³-hybridized carbons (Fsp3) is 0.500. The molecule has 0 spiro atoms. The second kappa shape index (κ2) is 8.13. The molecule has 1 aliphatic rings. The van der Waals surface area contributed by atoms with Crippen LogP contribution in [0.2, 0.25) is 0 Å². The van der Waals surface area contributed by atoms with Gasteiger partial charge in [0.15, 0.2) is 0 Å². The summed E-state index contributed by atoms with van der Waals surface area (Å²) in [4.78, 5) is 24.1. The molecule has 124 valence electrons. The van der Waals surface area contributed by atoms with Crippen molar-refractivity contribution in [1.82, 2.24) is 19.9 Å². The molecule has 2 aromatic heterocycles. The van der Waals surface area contributed by atoms with Crippen molar-refractivity contribution < 1.29 is 6.22 Å². The Hall–Kier alpha value is -2.62. The van der Waals surface area contributed by atoms with Gasteiger partial charge in [0.25, 0.3) is 0 Å². The van der Waals surface area contributed by atoms with E-state index in [9.17, 15) is 4.79 Å². The van der Waals surface area contributed by atoms with E-state index in [1.165, 1.54) is 6.33 Å². The highest BCUT2D eigenvalue weighted by molar-refractivity contribution is 5.86. The number of nitrogens with zero attached hydrogens (tertiary/aromatic N) is 4. The normalized spacial score (nSPS) is 14.7. The highest BCUT2D eigenvalue weighted by Crippen LogP contribution is 2.16. The molecule has 0 aliphatic carbocycles. The molecule has 7 heteroatoms. The number of hydrogen-bond donors (Lipinski definition) is 2. The van der Waals surface area contributed by atoms with Crippen LogP contribution < -0.4 is 5.32 Å². The van der Waals surface area contributed by atoms with E-state index < -0.39 is 0 Å². The molecule has 3 heterocycles. The summed E-state index contributed by atoms with van der Waals surface area (Å²) < 4.78 is 0. The number of likely N-dealkylation sites (tertiary alicyclic amines) is 1. The van der Waals surface area contributed by atoms with Gasteiger partial charge in [0.1, 0.15) is 24.2 Å². The van der Waals surface area contributed by atoms with Crippen LogP contribution in [-0.2, 0) is 4.79 Å². The zero-order valence-electron chi connectivity index (χ0n) is 13.5. The number of carbonyl (C=O) groups excluding carboxylic acids is 1. The van der Waals surface area contributed by atoms with E-state index in [1.807, 2.05) is 25.4 Å². The minimum Gasteiger partial charge on any atom is -0.372 e. The standard InChI is InChI=1S/C9H14N2O.C7H8N4.H2/c1-8-3-6-11(7-4-8)9(12)2-5-10;1-8-6-5-2-3-9-7(5)11-4-10-6;/h8H,2-4,6-7H2,1H3;2-4H,1H3,(H2,8,9,10,11);1H. The summed E-state index contributed by atoms with van der Waals surface area (Å²) in [7, 11) is 1.84. The maximum absolute atomic E-state index is 11.2. The van der Waals surface area contributed by atoms with Gasteiger partial charge in [0, 0.05) is 27.8 Å². The van der Waals surface area contributed by atoms with Crippen LogP contribution in [0.4, 0.5) is 5.82 Å². The third kappa shape index (κ3) is 4.42. The first kappa shape index (κ1) is 16.7. The lowest BCUT2D eigenvalue weighted by molar-refractivity contribution is -0.131. The number of H-pyrrole nitrogens is 1. The Morgan fingerprint density at radius 3 is 2.91 bits per heavy atom. The first-order chi connectivity index (χ1) is 11.2. The van der Waals surface area contributed by atoms with E-state index in [0.717, 1.165) is 48.7 Å². The Balaban J connectivity index is 0.000000231. The lowest BCUT2D eigenvalue weighted by Gasteiger charge is -2.29. The summed E-state index contributed by atoms with van der Waals surface area (Å²) in [6.07, 6.45) is 5.58. The van der Waals surface area contributed by atoms with Crippen molar-refractivity contribution in [2.24, 2.45) is 5.92 Å². The summed E-state index contributed by atoms with van der Waals surface area (Å²) in [5.41, 5.74) is 0.865. The average molecular weight is 316 g/mol. The Morgan fingerprint density at radius 1 is 1.52 bits per heavy atom. The minimum atomic E-state index is -0.00981. The number of aromatic nitrogens is 3. The number of anilines is 1. The largest absolute Gasteiger partial charge is 0.372 e. The summed E-state index contributed by atoms with van der Waals surface area (Å²) in [5.74, 6) is 1.58. The van der Waals surface area contributed by atoms with E-state index in [1.54, 1.807) is 4.90 Å². The fourth-order valence-corrected chi connectivity index (χ4v) is 2.51. The molecular formula is C16H24N6O. The summed E-state index contributed by atoms with van der Waals surface area (Å²) >= 11 is 0. The van der Waals surface area contributed by atoms with Crippen LogP contribution in [0.3, 0.4) is 0 Å². The van der Waals surface area contributed by atoms with Gasteiger partial charge in [-0.1, -0.05) is 6.92 Å². The molecule has 3 rings (SSSR count). The molecule has 1 aliphatic heterocycles. The first-order valence-electron chi connectivity index (χ1n) is 7.76. The first-order valence-corrected chi connectivity index (χ1v) is 7.76. The van der Waals surface area contributed by atoms with E-state index in [0.29, 0.717) is 0 Å². The SMILES string of the molecule is CC1CCN(C(=O)CC#N)CC1.CNc1ncnc2[nH]ccc12.[HH]. The topological polar surface area (TPSA) is 97.7 Å². The van der Waals surface area contributed by atoms with Gasteiger partial charge < -0.3 is 15.2 Å². The monoisotopic (exact) mass is 316 g/mol.